The highest BCUT2D eigenvalue weighted by Gasteiger charge is 2.13. The number of hydrogen-bond acceptors (Lipinski definition) is 3. The zero-order valence-corrected chi connectivity index (χ0v) is 18.4. The van der Waals surface area contributed by atoms with Gasteiger partial charge < -0.3 is 5.32 Å². The first-order chi connectivity index (χ1) is 16.2. The number of aromatic nitrogens is 2. The van der Waals surface area contributed by atoms with E-state index >= 15 is 0 Å². The first kappa shape index (κ1) is 22.3. The first-order valence-corrected chi connectivity index (χ1v) is 11.2. The molecular weight excluding hydrogens is 413 g/mol. The summed E-state index contributed by atoms with van der Waals surface area (Å²) in [5, 5.41) is 2.95. The molecule has 0 aliphatic heterocycles. The number of nitrogens with one attached hydrogen (secondary N) is 1. The summed E-state index contributed by atoms with van der Waals surface area (Å²) in [5.41, 5.74) is 4.56. The van der Waals surface area contributed by atoms with E-state index in [4.69, 9.17) is 4.98 Å². The van der Waals surface area contributed by atoms with Crippen molar-refractivity contribution in [1.82, 2.24) is 9.97 Å². The fraction of sp³-hybridized carbons (Fsp3) is 0.179. The lowest BCUT2D eigenvalue weighted by atomic mass is 10.1. The van der Waals surface area contributed by atoms with E-state index < -0.39 is 0 Å². The molecule has 0 unspecified atom stereocenters. The highest BCUT2D eigenvalue weighted by molar-refractivity contribution is 5.90. The number of anilines is 1. The van der Waals surface area contributed by atoms with Gasteiger partial charge in [-0.2, -0.15) is 0 Å². The van der Waals surface area contributed by atoms with Gasteiger partial charge in [0.25, 0.3) is 0 Å². The van der Waals surface area contributed by atoms with E-state index in [2.05, 4.69) is 34.6 Å². The summed E-state index contributed by atoms with van der Waals surface area (Å²) in [6.07, 6.45) is 5.05. The highest BCUT2D eigenvalue weighted by atomic mass is 19.1. The van der Waals surface area contributed by atoms with Crippen molar-refractivity contribution in [1.29, 1.82) is 0 Å². The Balaban J connectivity index is 1.47. The summed E-state index contributed by atoms with van der Waals surface area (Å²) in [5.74, 6) is 0.118. The lowest BCUT2D eigenvalue weighted by Crippen LogP contribution is -2.15. The molecule has 166 valence electrons. The number of carbonyl (C=O) groups is 1. The molecule has 1 N–H and O–H groups in total. The Labute approximate surface area is 193 Å². The zero-order chi connectivity index (χ0) is 22.9. The third-order valence-electron chi connectivity index (χ3n) is 5.45. The van der Waals surface area contributed by atoms with Crippen molar-refractivity contribution >= 4 is 11.7 Å². The van der Waals surface area contributed by atoms with E-state index in [0.29, 0.717) is 24.4 Å². The maximum absolute atomic E-state index is 13.3. The largest absolute Gasteiger partial charge is 0.309 e. The standard InChI is InChI=1S/C28H26FN3O/c29-24-17-15-23(16-18-24)26-20-30-28(25(31-26)19-14-22-10-5-2-6-11-22)32-27(33)13-7-12-21-8-3-1-4-9-21/h1-6,8-11,15-18,20H,7,12-14,19H2,(H,30,32,33). The summed E-state index contributed by atoms with van der Waals surface area (Å²) in [4.78, 5) is 21.9. The molecule has 3 aromatic carbocycles. The summed E-state index contributed by atoms with van der Waals surface area (Å²) in [6, 6.07) is 26.4. The topological polar surface area (TPSA) is 54.9 Å². The molecule has 5 heteroatoms. The normalized spacial score (nSPS) is 10.7. The summed E-state index contributed by atoms with van der Waals surface area (Å²) in [6.45, 7) is 0. The predicted octanol–water partition coefficient (Wildman–Crippen LogP) is 6.03. The van der Waals surface area contributed by atoms with Gasteiger partial charge in [-0.25, -0.2) is 14.4 Å². The molecule has 0 bridgehead atoms. The van der Waals surface area contributed by atoms with Gasteiger partial charge >= 0.3 is 0 Å². The fourth-order valence-electron chi connectivity index (χ4n) is 3.67. The monoisotopic (exact) mass is 439 g/mol. The number of hydrogen-bond donors (Lipinski definition) is 1. The van der Waals surface area contributed by atoms with Crippen molar-refractivity contribution in [2.45, 2.75) is 32.1 Å². The molecule has 0 aliphatic rings. The van der Waals surface area contributed by atoms with Crippen LogP contribution < -0.4 is 5.32 Å². The lowest BCUT2D eigenvalue weighted by molar-refractivity contribution is -0.116. The Morgan fingerprint density at radius 3 is 2.09 bits per heavy atom. The number of nitrogens with zero attached hydrogens (tertiary/aromatic N) is 2. The molecule has 1 heterocycles. The number of halogens is 1. The quantitative estimate of drug-likeness (QED) is 0.346. The summed E-state index contributed by atoms with van der Waals surface area (Å²) < 4.78 is 13.3. The summed E-state index contributed by atoms with van der Waals surface area (Å²) in [7, 11) is 0. The molecule has 0 saturated carbocycles. The van der Waals surface area contributed by atoms with E-state index in [9.17, 15) is 9.18 Å². The number of rotatable bonds is 9. The van der Waals surface area contributed by atoms with Gasteiger partial charge in [-0.1, -0.05) is 60.7 Å². The molecule has 1 amide bonds. The Hall–Kier alpha value is -3.86. The zero-order valence-electron chi connectivity index (χ0n) is 18.4. The van der Waals surface area contributed by atoms with Crippen LogP contribution in [0.15, 0.2) is 91.1 Å². The van der Waals surface area contributed by atoms with Gasteiger partial charge in [0.15, 0.2) is 5.82 Å². The molecule has 0 radical (unpaired) electrons. The second-order valence-electron chi connectivity index (χ2n) is 7.93. The van der Waals surface area contributed by atoms with Crippen LogP contribution in [0, 0.1) is 5.82 Å². The van der Waals surface area contributed by atoms with Crippen molar-refractivity contribution < 1.29 is 9.18 Å². The third kappa shape index (κ3) is 6.56. The molecular formula is C28H26FN3O. The Morgan fingerprint density at radius 1 is 0.788 bits per heavy atom. The Kier molecular flexibility index (Phi) is 7.54. The van der Waals surface area contributed by atoms with Crippen molar-refractivity contribution in [2.75, 3.05) is 5.32 Å². The van der Waals surface area contributed by atoms with Crippen LogP contribution in [-0.4, -0.2) is 15.9 Å². The van der Waals surface area contributed by atoms with Gasteiger partial charge in [-0.15, -0.1) is 0 Å². The van der Waals surface area contributed by atoms with E-state index in [0.717, 1.165) is 30.5 Å². The molecule has 1 aromatic heterocycles. The highest BCUT2D eigenvalue weighted by Crippen LogP contribution is 2.22. The van der Waals surface area contributed by atoms with Gasteiger partial charge in [0, 0.05) is 12.0 Å². The van der Waals surface area contributed by atoms with E-state index in [1.165, 1.54) is 23.3 Å². The third-order valence-corrected chi connectivity index (χ3v) is 5.45. The molecule has 4 aromatic rings. The van der Waals surface area contributed by atoms with Crippen LogP contribution in [0.1, 0.15) is 29.7 Å². The molecule has 0 atom stereocenters. The molecule has 4 nitrogen and oxygen atoms in total. The molecule has 0 fully saturated rings. The second-order valence-corrected chi connectivity index (χ2v) is 7.93. The molecule has 4 rings (SSSR count). The van der Waals surface area contributed by atoms with Crippen molar-refractivity contribution in [3.63, 3.8) is 0 Å². The van der Waals surface area contributed by atoms with Gasteiger partial charge in [0.1, 0.15) is 5.82 Å². The first-order valence-electron chi connectivity index (χ1n) is 11.2. The number of amides is 1. The van der Waals surface area contributed by atoms with Crippen molar-refractivity contribution in [3.8, 4) is 11.3 Å². The number of aryl methyl sites for hydroxylation is 3. The van der Waals surface area contributed by atoms with E-state index in [-0.39, 0.29) is 11.7 Å². The summed E-state index contributed by atoms with van der Waals surface area (Å²) >= 11 is 0. The SMILES string of the molecule is O=C(CCCc1ccccc1)Nc1ncc(-c2ccc(F)cc2)nc1CCc1ccccc1. The van der Waals surface area contributed by atoms with Gasteiger partial charge in [0.05, 0.1) is 17.6 Å². The van der Waals surface area contributed by atoms with Crippen LogP contribution >= 0.6 is 0 Å². The maximum atomic E-state index is 13.3. The molecule has 33 heavy (non-hydrogen) atoms. The van der Waals surface area contributed by atoms with Crippen molar-refractivity contribution in [3.05, 3.63) is 114 Å². The van der Waals surface area contributed by atoms with E-state index in [1.54, 1.807) is 18.3 Å². The van der Waals surface area contributed by atoms with Crippen LogP contribution in [0.5, 0.6) is 0 Å². The van der Waals surface area contributed by atoms with Gasteiger partial charge in [-0.05, 0) is 61.1 Å². The number of benzene rings is 3. The Morgan fingerprint density at radius 2 is 1.42 bits per heavy atom. The second kappa shape index (κ2) is 11.1. The van der Waals surface area contributed by atoms with Crippen LogP contribution in [0.25, 0.3) is 11.3 Å². The lowest BCUT2D eigenvalue weighted by Gasteiger charge is -2.12. The minimum absolute atomic E-state index is 0.0734. The smallest absolute Gasteiger partial charge is 0.225 e. The molecule has 0 spiro atoms. The fourth-order valence-corrected chi connectivity index (χ4v) is 3.67. The van der Waals surface area contributed by atoms with Crippen LogP contribution in [-0.2, 0) is 24.1 Å². The average molecular weight is 440 g/mol. The van der Waals surface area contributed by atoms with Gasteiger partial charge in [0.2, 0.25) is 5.91 Å². The van der Waals surface area contributed by atoms with Crippen LogP contribution in [0.3, 0.4) is 0 Å². The predicted molar refractivity (Wildman–Crippen MR) is 129 cm³/mol. The maximum Gasteiger partial charge on any atom is 0.225 e. The van der Waals surface area contributed by atoms with Crippen LogP contribution in [0.2, 0.25) is 0 Å². The Bertz CT molecular complexity index is 1180. The average Bonchev–Trinajstić information content (AvgIpc) is 2.85. The van der Waals surface area contributed by atoms with Crippen molar-refractivity contribution in [2.24, 2.45) is 0 Å². The minimum Gasteiger partial charge on any atom is -0.309 e. The molecule has 0 saturated heterocycles. The minimum atomic E-state index is -0.296. The number of carbonyl (C=O) groups excluding carboxylic acids is 1. The van der Waals surface area contributed by atoms with Gasteiger partial charge in [-0.3, -0.25) is 4.79 Å². The molecule has 0 aliphatic carbocycles. The van der Waals surface area contributed by atoms with Crippen LogP contribution in [0.4, 0.5) is 10.2 Å². The van der Waals surface area contributed by atoms with E-state index in [1.807, 2.05) is 36.4 Å².